The molecule has 3 rings (SSSR count). The molecule has 0 N–H and O–H groups in total. The van der Waals surface area contributed by atoms with Crippen LogP contribution in [0.5, 0.6) is 0 Å². The fourth-order valence-electron chi connectivity index (χ4n) is 2.94. The highest BCUT2D eigenvalue weighted by molar-refractivity contribution is 5.92. The van der Waals surface area contributed by atoms with Crippen molar-refractivity contribution in [3.8, 4) is 0 Å². The van der Waals surface area contributed by atoms with Crippen molar-refractivity contribution in [2.24, 2.45) is 5.92 Å². The van der Waals surface area contributed by atoms with Crippen molar-refractivity contribution < 1.29 is 4.79 Å². The fraction of sp³-hybridized carbons (Fsp3) is 0.412. The molecule has 2 aromatic rings. The molecule has 1 saturated heterocycles. The Hall–Kier alpha value is -2.30. The summed E-state index contributed by atoms with van der Waals surface area (Å²) in [5.74, 6) is 0.471. The van der Waals surface area contributed by atoms with Crippen molar-refractivity contribution in [1.29, 1.82) is 0 Å². The van der Waals surface area contributed by atoms with E-state index in [1.165, 1.54) is 11.8 Å². The van der Waals surface area contributed by atoms with Crippen molar-refractivity contribution in [3.05, 3.63) is 53.9 Å². The Balaban J connectivity index is 1.64. The molecule has 1 atom stereocenters. The molecule has 22 heavy (non-hydrogen) atoms. The van der Waals surface area contributed by atoms with Crippen LogP contribution < -0.4 is 0 Å². The molecule has 1 amide bonds. The molecule has 1 fully saturated rings. The molecule has 0 aliphatic carbocycles. The Kier molecular flexibility index (Phi) is 4.42. The maximum absolute atomic E-state index is 12.5. The topological polar surface area (TPSA) is 59.0 Å². The molecule has 0 bridgehead atoms. The molecule has 1 aliphatic rings. The summed E-state index contributed by atoms with van der Waals surface area (Å²) < 4.78 is 0. The maximum atomic E-state index is 12.5. The minimum Gasteiger partial charge on any atom is -0.337 e. The average Bonchev–Trinajstić information content (AvgIpc) is 2.57. The number of carbonyl (C=O) groups excluding carboxylic acids is 1. The number of likely N-dealkylation sites (tertiary alicyclic amines) is 1. The van der Waals surface area contributed by atoms with Gasteiger partial charge in [0.1, 0.15) is 5.69 Å². The highest BCUT2D eigenvalue weighted by atomic mass is 16.2. The van der Waals surface area contributed by atoms with E-state index < -0.39 is 0 Å². The van der Waals surface area contributed by atoms with E-state index in [0.717, 1.165) is 38.0 Å². The van der Waals surface area contributed by atoms with Crippen molar-refractivity contribution in [1.82, 2.24) is 19.9 Å². The first kappa shape index (κ1) is 14.6. The predicted octanol–water partition coefficient (Wildman–Crippen LogP) is 2.27. The number of aryl methyl sites for hydroxylation is 1. The van der Waals surface area contributed by atoms with Crippen LogP contribution in [-0.4, -0.2) is 38.8 Å². The quantitative estimate of drug-likeness (QED) is 0.872. The van der Waals surface area contributed by atoms with Crippen LogP contribution in [0.1, 0.15) is 34.6 Å². The molecule has 0 saturated carbocycles. The van der Waals surface area contributed by atoms with Gasteiger partial charge in [-0.2, -0.15) is 0 Å². The van der Waals surface area contributed by atoms with E-state index in [4.69, 9.17) is 0 Å². The molecule has 0 spiro atoms. The zero-order chi connectivity index (χ0) is 15.4. The molecular weight excluding hydrogens is 276 g/mol. The summed E-state index contributed by atoms with van der Waals surface area (Å²) in [7, 11) is 0. The number of aromatic nitrogens is 3. The lowest BCUT2D eigenvalue weighted by Crippen LogP contribution is -2.40. The molecule has 0 radical (unpaired) electrons. The molecule has 2 aromatic heterocycles. The number of hydrogen-bond donors (Lipinski definition) is 0. The molecule has 5 nitrogen and oxygen atoms in total. The van der Waals surface area contributed by atoms with Gasteiger partial charge in [-0.05, 0) is 43.7 Å². The van der Waals surface area contributed by atoms with Crippen LogP contribution in [0, 0.1) is 12.8 Å². The summed E-state index contributed by atoms with van der Waals surface area (Å²) in [6.07, 6.45) is 9.78. The predicted molar refractivity (Wildman–Crippen MR) is 83.3 cm³/mol. The third-order valence-electron chi connectivity index (χ3n) is 4.09. The lowest BCUT2D eigenvalue weighted by atomic mass is 9.91. The Morgan fingerprint density at radius 2 is 2.18 bits per heavy atom. The number of pyridine rings is 1. The maximum Gasteiger partial charge on any atom is 0.274 e. The van der Waals surface area contributed by atoms with E-state index in [9.17, 15) is 4.79 Å². The molecule has 3 heterocycles. The summed E-state index contributed by atoms with van der Waals surface area (Å²) in [4.78, 5) is 26.8. The van der Waals surface area contributed by atoms with Gasteiger partial charge in [0.25, 0.3) is 5.91 Å². The van der Waals surface area contributed by atoms with Crippen LogP contribution in [0.15, 0.2) is 36.9 Å². The van der Waals surface area contributed by atoms with Gasteiger partial charge < -0.3 is 4.90 Å². The Morgan fingerprint density at radius 3 is 2.91 bits per heavy atom. The third kappa shape index (κ3) is 3.47. The molecule has 5 heteroatoms. The standard InChI is InChI=1S/C17H20N4O/c1-13-4-5-14(10-20-13)9-15-3-2-8-21(12-15)17(22)16-11-18-6-7-19-16/h4-7,10-11,15H,2-3,8-9,12H2,1H3/t15-/m0/s1. The van der Waals surface area contributed by atoms with E-state index in [0.29, 0.717) is 11.6 Å². The fourth-order valence-corrected chi connectivity index (χ4v) is 2.94. The highest BCUT2D eigenvalue weighted by Crippen LogP contribution is 2.21. The van der Waals surface area contributed by atoms with Crippen molar-refractivity contribution in [2.45, 2.75) is 26.2 Å². The van der Waals surface area contributed by atoms with Crippen LogP contribution in [-0.2, 0) is 6.42 Å². The lowest BCUT2D eigenvalue weighted by Gasteiger charge is -2.32. The Morgan fingerprint density at radius 1 is 1.27 bits per heavy atom. The average molecular weight is 296 g/mol. The number of piperidine rings is 1. The van der Waals surface area contributed by atoms with Crippen LogP contribution in [0.2, 0.25) is 0 Å². The van der Waals surface area contributed by atoms with E-state index in [2.05, 4.69) is 21.0 Å². The van der Waals surface area contributed by atoms with Crippen molar-refractivity contribution in [3.63, 3.8) is 0 Å². The van der Waals surface area contributed by atoms with Crippen molar-refractivity contribution >= 4 is 5.91 Å². The molecular formula is C17H20N4O. The van der Waals surface area contributed by atoms with Crippen LogP contribution in [0.25, 0.3) is 0 Å². The summed E-state index contributed by atoms with van der Waals surface area (Å²) in [6, 6.07) is 4.17. The van der Waals surface area contributed by atoms with E-state index >= 15 is 0 Å². The Labute approximate surface area is 130 Å². The van der Waals surface area contributed by atoms with E-state index in [1.807, 2.05) is 24.1 Å². The molecule has 0 aromatic carbocycles. The number of hydrogen-bond acceptors (Lipinski definition) is 4. The van der Waals surface area contributed by atoms with Gasteiger partial charge in [0, 0.05) is 37.4 Å². The first-order valence-electron chi connectivity index (χ1n) is 7.69. The van der Waals surface area contributed by atoms with Gasteiger partial charge in [0.2, 0.25) is 0 Å². The SMILES string of the molecule is Cc1ccc(C[C@@H]2CCCN(C(=O)c3cnccn3)C2)cn1. The lowest BCUT2D eigenvalue weighted by molar-refractivity contribution is 0.0667. The molecule has 114 valence electrons. The van der Waals surface area contributed by atoms with Crippen LogP contribution in [0.4, 0.5) is 0 Å². The molecule has 1 aliphatic heterocycles. The zero-order valence-electron chi connectivity index (χ0n) is 12.8. The van der Waals surface area contributed by atoms with Gasteiger partial charge in [0.05, 0.1) is 6.20 Å². The highest BCUT2D eigenvalue weighted by Gasteiger charge is 2.25. The molecule has 0 unspecified atom stereocenters. The van der Waals surface area contributed by atoms with Gasteiger partial charge in [-0.3, -0.25) is 14.8 Å². The van der Waals surface area contributed by atoms with E-state index in [1.54, 1.807) is 12.4 Å². The number of rotatable bonds is 3. The zero-order valence-corrected chi connectivity index (χ0v) is 12.8. The summed E-state index contributed by atoms with van der Waals surface area (Å²) in [6.45, 7) is 3.58. The normalized spacial score (nSPS) is 18.2. The van der Waals surface area contributed by atoms with E-state index in [-0.39, 0.29) is 5.91 Å². The first-order valence-corrected chi connectivity index (χ1v) is 7.69. The summed E-state index contributed by atoms with van der Waals surface area (Å²) >= 11 is 0. The monoisotopic (exact) mass is 296 g/mol. The van der Waals surface area contributed by atoms with Crippen LogP contribution >= 0.6 is 0 Å². The van der Waals surface area contributed by atoms with Crippen LogP contribution in [0.3, 0.4) is 0 Å². The second-order valence-electron chi connectivity index (χ2n) is 5.86. The largest absolute Gasteiger partial charge is 0.337 e. The minimum atomic E-state index is -0.0140. The minimum absolute atomic E-state index is 0.0140. The number of amides is 1. The van der Waals surface area contributed by atoms with Gasteiger partial charge in [-0.15, -0.1) is 0 Å². The second-order valence-corrected chi connectivity index (χ2v) is 5.86. The van der Waals surface area contributed by atoms with Gasteiger partial charge in [-0.1, -0.05) is 6.07 Å². The second kappa shape index (κ2) is 6.64. The number of nitrogens with zero attached hydrogens (tertiary/aromatic N) is 4. The number of carbonyl (C=O) groups is 1. The van der Waals surface area contributed by atoms with Gasteiger partial charge in [0.15, 0.2) is 0 Å². The smallest absolute Gasteiger partial charge is 0.274 e. The summed E-state index contributed by atoms with van der Waals surface area (Å²) in [5, 5.41) is 0. The Bertz CT molecular complexity index is 627. The summed E-state index contributed by atoms with van der Waals surface area (Å²) in [5.41, 5.74) is 2.71. The van der Waals surface area contributed by atoms with Gasteiger partial charge in [-0.25, -0.2) is 4.98 Å². The van der Waals surface area contributed by atoms with Gasteiger partial charge >= 0.3 is 0 Å². The van der Waals surface area contributed by atoms with Crippen molar-refractivity contribution in [2.75, 3.05) is 13.1 Å². The first-order chi connectivity index (χ1) is 10.7. The third-order valence-corrected chi connectivity index (χ3v) is 4.09.